The van der Waals surface area contributed by atoms with Crippen LogP contribution in [-0.4, -0.2) is 23.8 Å². The molecule has 3 N–H and O–H groups in total. The van der Waals surface area contributed by atoms with E-state index in [0.717, 1.165) is 23.9 Å². The normalized spacial score (nSPS) is 24.4. The highest BCUT2D eigenvalue weighted by atomic mass is 15.1. The quantitative estimate of drug-likeness (QED) is 0.648. The third-order valence-corrected chi connectivity index (χ3v) is 4.47. The van der Waals surface area contributed by atoms with Gasteiger partial charge in [0.1, 0.15) is 5.84 Å². The number of piperidine rings is 1. The standard InChI is InChI=1S/C16H25N3/c1-11-6-7-19(9-13(11)3)10-15-5-4-14(16(17)18)8-12(15)2/h4-5,8,11,13H,6-7,9-10H2,1-3H3,(H3,17,18). The van der Waals surface area contributed by atoms with Gasteiger partial charge in [-0.15, -0.1) is 0 Å². The van der Waals surface area contributed by atoms with Crippen LogP contribution in [0.1, 0.15) is 37.0 Å². The number of benzene rings is 1. The van der Waals surface area contributed by atoms with Crippen LogP contribution in [0.3, 0.4) is 0 Å². The van der Waals surface area contributed by atoms with Crippen molar-refractivity contribution in [3.63, 3.8) is 0 Å². The monoisotopic (exact) mass is 259 g/mol. The summed E-state index contributed by atoms with van der Waals surface area (Å²) in [7, 11) is 0. The van der Waals surface area contributed by atoms with Gasteiger partial charge >= 0.3 is 0 Å². The molecule has 1 heterocycles. The topological polar surface area (TPSA) is 53.1 Å². The predicted molar refractivity (Wildman–Crippen MR) is 80.4 cm³/mol. The third kappa shape index (κ3) is 3.35. The fraction of sp³-hybridized carbons (Fsp3) is 0.562. The maximum atomic E-state index is 7.47. The van der Waals surface area contributed by atoms with Crippen molar-refractivity contribution in [2.45, 2.75) is 33.7 Å². The van der Waals surface area contributed by atoms with Crippen molar-refractivity contribution in [1.29, 1.82) is 5.41 Å². The van der Waals surface area contributed by atoms with Crippen molar-refractivity contribution in [3.8, 4) is 0 Å². The SMILES string of the molecule is Cc1cc(C(=N)N)ccc1CN1CCC(C)C(C)C1. The Kier molecular flexibility index (Phi) is 4.25. The number of rotatable bonds is 3. The van der Waals surface area contributed by atoms with E-state index in [2.05, 4.69) is 31.7 Å². The number of nitrogens with two attached hydrogens (primary N) is 1. The summed E-state index contributed by atoms with van der Waals surface area (Å²) in [5.74, 6) is 1.78. The van der Waals surface area contributed by atoms with Gasteiger partial charge in [-0.25, -0.2) is 0 Å². The van der Waals surface area contributed by atoms with Crippen LogP contribution in [0.25, 0.3) is 0 Å². The van der Waals surface area contributed by atoms with E-state index in [1.807, 2.05) is 12.1 Å². The number of likely N-dealkylation sites (tertiary alicyclic amines) is 1. The Morgan fingerprint density at radius 1 is 1.37 bits per heavy atom. The lowest BCUT2D eigenvalue weighted by Crippen LogP contribution is -2.38. The van der Waals surface area contributed by atoms with Gasteiger partial charge in [0, 0.05) is 18.7 Å². The van der Waals surface area contributed by atoms with Gasteiger partial charge in [-0.05, 0) is 48.9 Å². The van der Waals surface area contributed by atoms with E-state index < -0.39 is 0 Å². The molecule has 1 aromatic rings. The molecule has 0 spiro atoms. The van der Waals surface area contributed by atoms with E-state index in [1.54, 1.807) is 0 Å². The molecular formula is C16H25N3. The highest BCUT2D eigenvalue weighted by Gasteiger charge is 2.22. The second-order valence-corrected chi connectivity index (χ2v) is 6.03. The van der Waals surface area contributed by atoms with Gasteiger partial charge in [0.2, 0.25) is 0 Å². The van der Waals surface area contributed by atoms with Crippen LogP contribution in [0, 0.1) is 24.2 Å². The van der Waals surface area contributed by atoms with E-state index in [-0.39, 0.29) is 5.84 Å². The number of amidine groups is 1. The molecule has 1 saturated heterocycles. The summed E-state index contributed by atoms with van der Waals surface area (Å²) in [6, 6.07) is 6.10. The first-order chi connectivity index (χ1) is 8.97. The first-order valence-electron chi connectivity index (χ1n) is 7.13. The van der Waals surface area contributed by atoms with Gasteiger partial charge in [0.25, 0.3) is 0 Å². The van der Waals surface area contributed by atoms with E-state index in [4.69, 9.17) is 11.1 Å². The fourth-order valence-electron chi connectivity index (χ4n) is 2.77. The maximum Gasteiger partial charge on any atom is 0.122 e. The molecule has 0 aromatic heterocycles. The molecular weight excluding hydrogens is 234 g/mol. The molecule has 0 bridgehead atoms. The molecule has 0 radical (unpaired) electrons. The van der Waals surface area contributed by atoms with Crippen molar-refractivity contribution in [2.75, 3.05) is 13.1 Å². The molecule has 0 aliphatic carbocycles. The molecule has 104 valence electrons. The highest BCUT2D eigenvalue weighted by molar-refractivity contribution is 5.95. The van der Waals surface area contributed by atoms with Gasteiger partial charge in [0.05, 0.1) is 0 Å². The van der Waals surface area contributed by atoms with Gasteiger partial charge in [-0.3, -0.25) is 10.3 Å². The van der Waals surface area contributed by atoms with Gasteiger partial charge in [0.15, 0.2) is 0 Å². The van der Waals surface area contributed by atoms with Crippen LogP contribution in [-0.2, 0) is 6.54 Å². The minimum Gasteiger partial charge on any atom is -0.384 e. The number of nitrogen functional groups attached to an aromatic ring is 1. The largest absolute Gasteiger partial charge is 0.384 e. The summed E-state index contributed by atoms with van der Waals surface area (Å²) in [6.45, 7) is 10.2. The zero-order chi connectivity index (χ0) is 14.0. The van der Waals surface area contributed by atoms with Gasteiger partial charge in [-0.2, -0.15) is 0 Å². The molecule has 1 aliphatic heterocycles. The Balaban J connectivity index is 2.05. The summed E-state index contributed by atoms with van der Waals surface area (Å²) in [6.07, 6.45) is 1.30. The second-order valence-electron chi connectivity index (χ2n) is 6.03. The molecule has 1 fully saturated rings. The van der Waals surface area contributed by atoms with Crippen LogP contribution >= 0.6 is 0 Å². The number of hydrogen-bond donors (Lipinski definition) is 2. The van der Waals surface area contributed by atoms with Crippen molar-refractivity contribution in [1.82, 2.24) is 4.90 Å². The second kappa shape index (κ2) is 5.74. The predicted octanol–water partition coefficient (Wildman–Crippen LogP) is 2.76. The van der Waals surface area contributed by atoms with Gasteiger partial charge < -0.3 is 5.73 Å². The summed E-state index contributed by atoms with van der Waals surface area (Å²) in [5, 5.41) is 7.47. The molecule has 3 nitrogen and oxygen atoms in total. The minimum atomic E-state index is 0.148. The van der Waals surface area contributed by atoms with E-state index in [0.29, 0.717) is 0 Å². The first kappa shape index (κ1) is 14.1. The van der Waals surface area contributed by atoms with Crippen LogP contribution in [0.5, 0.6) is 0 Å². The van der Waals surface area contributed by atoms with E-state index in [9.17, 15) is 0 Å². The fourth-order valence-corrected chi connectivity index (χ4v) is 2.77. The summed E-state index contributed by atoms with van der Waals surface area (Å²) < 4.78 is 0. The minimum absolute atomic E-state index is 0.148. The Morgan fingerprint density at radius 2 is 2.11 bits per heavy atom. The van der Waals surface area contributed by atoms with Crippen molar-refractivity contribution < 1.29 is 0 Å². The van der Waals surface area contributed by atoms with Crippen LogP contribution < -0.4 is 5.73 Å². The van der Waals surface area contributed by atoms with Crippen LogP contribution in [0.2, 0.25) is 0 Å². The summed E-state index contributed by atoms with van der Waals surface area (Å²) in [5.41, 5.74) is 8.93. The van der Waals surface area contributed by atoms with Crippen molar-refractivity contribution in [2.24, 2.45) is 17.6 Å². The molecule has 0 amide bonds. The maximum absolute atomic E-state index is 7.47. The van der Waals surface area contributed by atoms with Crippen molar-refractivity contribution in [3.05, 3.63) is 34.9 Å². The lowest BCUT2D eigenvalue weighted by atomic mass is 9.88. The molecule has 0 saturated carbocycles. The first-order valence-corrected chi connectivity index (χ1v) is 7.13. The smallest absolute Gasteiger partial charge is 0.122 e. The average molecular weight is 259 g/mol. The summed E-state index contributed by atoms with van der Waals surface area (Å²) in [4.78, 5) is 2.54. The number of hydrogen-bond acceptors (Lipinski definition) is 2. The van der Waals surface area contributed by atoms with Crippen molar-refractivity contribution >= 4 is 5.84 Å². The van der Waals surface area contributed by atoms with Gasteiger partial charge in [-0.1, -0.05) is 26.0 Å². The number of aryl methyl sites for hydroxylation is 1. The zero-order valence-corrected chi connectivity index (χ0v) is 12.2. The molecule has 1 aliphatic rings. The molecule has 19 heavy (non-hydrogen) atoms. The molecule has 3 heteroatoms. The Bertz CT molecular complexity index is 467. The Morgan fingerprint density at radius 3 is 2.68 bits per heavy atom. The summed E-state index contributed by atoms with van der Waals surface area (Å²) >= 11 is 0. The van der Waals surface area contributed by atoms with Crippen LogP contribution in [0.4, 0.5) is 0 Å². The van der Waals surface area contributed by atoms with E-state index in [1.165, 1.54) is 30.6 Å². The van der Waals surface area contributed by atoms with Crippen LogP contribution in [0.15, 0.2) is 18.2 Å². The molecule has 1 aromatic carbocycles. The highest BCUT2D eigenvalue weighted by Crippen LogP contribution is 2.24. The average Bonchev–Trinajstić information content (AvgIpc) is 2.36. The Hall–Kier alpha value is -1.35. The number of nitrogens with zero attached hydrogens (tertiary/aromatic N) is 1. The zero-order valence-electron chi connectivity index (χ0n) is 12.2. The lowest BCUT2D eigenvalue weighted by Gasteiger charge is -2.35. The Labute approximate surface area is 116 Å². The lowest BCUT2D eigenvalue weighted by molar-refractivity contribution is 0.132. The third-order valence-electron chi connectivity index (χ3n) is 4.47. The van der Waals surface area contributed by atoms with E-state index >= 15 is 0 Å². The molecule has 2 rings (SSSR count). The number of nitrogens with one attached hydrogen (secondary N) is 1. The molecule has 2 atom stereocenters. The molecule has 2 unspecified atom stereocenters.